The summed E-state index contributed by atoms with van der Waals surface area (Å²) in [4.78, 5) is 26.0. The average Bonchev–Trinajstić information content (AvgIpc) is 3.28. The molecule has 5 rings (SSSR count). The number of ether oxygens (including phenoxy) is 3. The molecule has 1 aromatic rings. The first-order chi connectivity index (χ1) is 11.6. The van der Waals surface area contributed by atoms with Gasteiger partial charge in [0.25, 0.3) is 0 Å². The Morgan fingerprint density at radius 1 is 1.33 bits per heavy atom. The van der Waals surface area contributed by atoms with Gasteiger partial charge in [-0.05, 0) is 17.7 Å². The number of carboxylic acid groups (broad SMARTS) is 1. The number of hydrogen-bond donors (Lipinski definition) is 1. The molecule has 7 heteroatoms. The molecule has 0 saturated carbocycles. The molecule has 2 bridgehead atoms. The van der Waals surface area contributed by atoms with Crippen molar-refractivity contribution in [3.05, 3.63) is 35.9 Å². The predicted octanol–water partition coefficient (Wildman–Crippen LogP) is 0.782. The molecule has 0 aromatic heterocycles. The van der Waals surface area contributed by atoms with Crippen LogP contribution in [0.4, 0.5) is 0 Å². The maximum atomic E-state index is 12.8. The van der Waals surface area contributed by atoms with Crippen LogP contribution in [-0.2, 0) is 20.9 Å². The second kappa shape index (κ2) is 4.51. The van der Waals surface area contributed by atoms with Gasteiger partial charge in [-0.1, -0.05) is 18.2 Å². The van der Waals surface area contributed by atoms with Crippen LogP contribution in [0.5, 0.6) is 11.5 Å². The third kappa shape index (κ3) is 1.70. The van der Waals surface area contributed by atoms with Crippen LogP contribution in [0.1, 0.15) is 5.56 Å². The third-order valence-corrected chi connectivity index (χ3v) is 5.27. The smallest absolute Gasteiger partial charge is 0.310 e. The highest BCUT2D eigenvalue weighted by Gasteiger charge is 2.66. The summed E-state index contributed by atoms with van der Waals surface area (Å²) >= 11 is 0. The van der Waals surface area contributed by atoms with Crippen molar-refractivity contribution >= 4 is 11.9 Å². The quantitative estimate of drug-likeness (QED) is 0.825. The Morgan fingerprint density at radius 3 is 3.00 bits per heavy atom. The van der Waals surface area contributed by atoms with E-state index < -0.39 is 29.5 Å². The van der Waals surface area contributed by atoms with Crippen LogP contribution in [0.25, 0.3) is 0 Å². The van der Waals surface area contributed by atoms with Crippen LogP contribution in [0.2, 0.25) is 0 Å². The number of carbonyl (C=O) groups is 2. The van der Waals surface area contributed by atoms with Crippen molar-refractivity contribution in [3.8, 4) is 11.5 Å². The van der Waals surface area contributed by atoms with Gasteiger partial charge in [0.2, 0.25) is 12.7 Å². The lowest BCUT2D eigenvalue weighted by atomic mass is 9.77. The molecule has 124 valence electrons. The maximum absolute atomic E-state index is 12.8. The van der Waals surface area contributed by atoms with E-state index in [1.807, 2.05) is 24.3 Å². The fraction of sp³-hybridized carbons (Fsp3) is 0.412. The predicted molar refractivity (Wildman–Crippen MR) is 79.3 cm³/mol. The van der Waals surface area contributed by atoms with E-state index in [2.05, 4.69) is 0 Å². The Balaban J connectivity index is 1.42. The lowest BCUT2D eigenvalue weighted by molar-refractivity contribution is -0.148. The van der Waals surface area contributed by atoms with E-state index in [1.54, 1.807) is 11.0 Å². The van der Waals surface area contributed by atoms with Gasteiger partial charge in [0.1, 0.15) is 11.5 Å². The molecule has 7 nitrogen and oxygen atoms in total. The van der Waals surface area contributed by atoms with Crippen molar-refractivity contribution in [1.29, 1.82) is 0 Å². The van der Waals surface area contributed by atoms with Crippen LogP contribution in [0, 0.1) is 11.8 Å². The van der Waals surface area contributed by atoms with Gasteiger partial charge in [0.05, 0.1) is 18.6 Å². The molecule has 1 aromatic carbocycles. The Bertz CT molecular complexity index is 789. The van der Waals surface area contributed by atoms with E-state index >= 15 is 0 Å². The lowest BCUT2D eigenvalue weighted by Crippen LogP contribution is -2.39. The molecule has 4 aliphatic rings. The van der Waals surface area contributed by atoms with Gasteiger partial charge in [0, 0.05) is 6.54 Å². The van der Waals surface area contributed by atoms with Crippen molar-refractivity contribution in [3.63, 3.8) is 0 Å². The Morgan fingerprint density at radius 2 is 2.17 bits per heavy atom. The van der Waals surface area contributed by atoms with Gasteiger partial charge < -0.3 is 24.2 Å². The zero-order valence-corrected chi connectivity index (χ0v) is 12.7. The highest BCUT2D eigenvalue weighted by Crippen LogP contribution is 2.52. The summed E-state index contributed by atoms with van der Waals surface area (Å²) in [6.07, 6.45) is 3.13. The number of hydrogen-bond acceptors (Lipinski definition) is 5. The Hall–Kier alpha value is -2.54. The van der Waals surface area contributed by atoms with Crippen LogP contribution in [-0.4, -0.2) is 46.9 Å². The molecule has 1 N–H and O–H groups in total. The molecule has 2 fully saturated rings. The first-order valence-corrected chi connectivity index (χ1v) is 7.85. The van der Waals surface area contributed by atoms with Gasteiger partial charge >= 0.3 is 5.97 Å². The van der Waals surface area contributed by atoms with Crippen molar-refractivity contribution in [2.24, 2.45) is 11.8 Å². The monoisotopic (exact) mass is 329 g/mol. The van der Waals surface area contributed by atoms with Gasteiger partial charge in [-0.15, -0.1) is 0 Å². The number of amides is 1. The molecule has 4 atom stereocenters. The van der Waals surface area contributed by atoms with Crippen molar-refractivity contribution < 1.29 is 28.9 Å². The summed E-state index contributed by atoms with van der Waals surface area (Å²) in [5.74, 6) is -1.22. The summed E-state index contributed by atoms with van der Waals surface area (Å²) in [5.41, 5.74) is 0.121. The van der Waals surface area contributed by atoms with E-state index in [9.17, 15) is 14.7 Å². The summed E-state index contributed by atoms with van der Waals surface area (Å²) in [7, 11) is 0. The van der Waals surface area contributed by atoms with E-state index in [-0.39, 0.29) is 12.7 Å². The number of carboxylic acids is 1. The standard InChI is InChI=1S/C17H15NO6/c19-15-14-13(16(20)21)11-3-4-17(14,24-11)7-18(15)6-9-1-2-10-12(5-9)23-8-22-10/h1-5,11,13-14H,6-8H2,(H,20,21)/t11-,13+,14+,17-/m1/s1. The molecular formula is C17H15NO6. The Kier molecular flexibility index (Phi) is 2.60. The normalized spacial score (nSPS) is 34.9. The minimum absolute atomic E-state index is 0.160. The number of likely N-dealkylation sites (tertiary alicyclic amines) is 1. The van der Waals surface area contributed by atoms with Crippen LogP contribution >= 0.6 is 0 Å². The van der Waals surface area contributed by atoms with E-state index in [0.717, 1.165) is 5.56 Å². The highest BCUT2D eigenvalue weighted by atomic mass is 16.7. The molecule has 0 radical (unpaired) electrons. The first kappa shape index (κ1) is 13.9. The zero-order chi connectivity index (χ0) is 16.5. The average molecular weight is 329 g/mol. The number of rotatable bonds is 3. The molecule has 1 spiro atoms. The summed E-state index contributed by atoms with van der Waals surface area (Å²) in [6.45, 7) is 0.969. The lowest BCUT2D eigenvalue weighted by Gasteiger charge is -2.21. The van der Waals surface area contributed by atoms with E-state index in [1.165, 1.54) is 0 Å². The minimum Gasteiger partial charge on any atom is -0.481 e. The number of benzene rings is 1. The van der Waals surface area contributed by atoms with E-state index in [4.69, 9.17) is 14.2 Å². The largest absolute Gasteiger partial charge is 0.481 e. The zero-order valence-electron chi connectivity index (χ0n) is 12.7. The van der Waals surface area contributed by atoms with Gasteiger partial charge in [-0.25, -0.2) is 0 Å². The minimum atomic E-state index is -0.977. The van der Waals surface area contributed by atoms with Crippen LogP contribution in [0.15, 0.2) is 30.4 Å². The fourth-order valence-electron chi connectivity index (χ4n) is 4.25. The molecule has 0 aliphatic carbocycles. The third-order valence-electron chi connectivity index (χ3n) is 5.27. The fourth-order valence-corrected chi connectivity index (χ4v) is 4.25. The van der Waals surface area contributed by atoms with Crippen LogP contribution in [0.3, 0.4) is 0 Å². The summed E-state index contributed by atoms with van der Waals surface area (Å²) in [5, 5.41) is 9.46. The second-order valence-corrected chi connectivity index (χ2v) is 6.62. The number of aliphatic carboxylic acids is 1. The highest BCUT2D eigenvalue weighted by molar-refractivity contribution is 5.90. The number of fused-ring (bicyclic) bond motifs is 2. The molecule has 24 heavy (non-hydrogen) atoms. The first-order valence-electron chi connectivity index (χ1n) is 7.85. The van der Waals surface area contributed by atoms with E-state index in [0.29, 0.717) is 24.6 Å². The number of carbonyl (C=O) groups excluding carboxylic acids is 1. The van der Waals surface area contributed by atoms with Crippen LogP contribution < -0.4 is 9.47 Å². The number of nitrogens with zero attached hydrogens (tertiary/aromatic N) is 1. The molecule has 2 saturated heterocycles. The summed E-state index contributed by atoms with van der Waals surface area (Å²) < 4.78 is 16.5. The Labute approximate surface area is 137 Å². The molecule has 4 aliphatic heterocycles. The second-order valence-electron chi connectivity index (χ2n) is 6.62. The molecule has 1 amide bonds. The van der Waals surface area contributed by atoms with Crippen molar-refractivity contribution in [1.82, 2.24) is 4.90 Å². The topological polar surface area (TPSA) is 85.3 Å². The van der Waals surface area contributed by atoms with Crippen molar-refractivity contribution in [2.75, 3.05) is 13.3 Å². The van der Waals surface area contributed by atoms with Gasteiger partial charge in [0.15, 0.2) is 11.5 Å². The summed E-state index contributed by atoms with van der Waals surface area (Å²) in [6, 6.07) is 5.55. The molecule has 4 heterocycles. The van der Waals surface area contributed by atoms with Crippen molar-refractivity contribution in [2.45, 2.75) is 18.2 Å². The van der Waals surface area contributed by atoms with Gasteiger partial charge in [-0.2, -0.15) is 0 Å². The SMILES string of the molecule is O=C(O)[C@@H]1[C@H]2C(=O)N(Cc3ccc4c(c3)OCO4)C[C@]23C=C[C@H]1O3. The molecular weight excluding hydrogens is 314 g/mol. The molecule has 0 unspecified atom stereocenters. The van der Waals surface area contributed by atoms with Gasteiger partial charge in [-0.3, -0.25) is 9.59 Å². The maximum Gasteiger partial charge on any atom is 0.310 e.